The van der Waals surface area contributed by atoms with Crippen LogP contribution >= 0.6 is 0 Å². The average Bonchev–Trinajstić information content (AvgIpc) is 2.53. The van der Waals surface area contributed by atoms with Gasteiger partial charge in [-0.25, -0.2) is 0 Å². The monoisotopic (exact) mass is 293 g/mol. The van der Waals surface area contributed by atoms with Crippen LogP contribution in [-0.2, 0) is 0 Å². The standard InChI is InChI=1S/C17H27NO3/c1-6-8-9-14(18-10-7-2)13-11-16(20-4)17(21-5)12-15(13)19-3/h6,11-12,14,18H,1,7-10H2,2-5H3. The van der Waals surface area contributed by atoms with Crippen molar-refractivity contribution < 1.29 is 14.2 Å². The fourth-order valence-corrected chi connectivity index (χ4v) is 2.30. The van der Waals surface area contributed by atoms with Crippen LogP contribution in [0.25, 0.3) is 0 Å². The number of nitrogens with one attached hydrogen (secondary N) is 1. The van der Waals surface area contributed by atoms with Crippen molar-refractivity contribution in [2.45, 2.75) is 32.2 Å². The molecule has 0 fully saturated rings. The van der Waals surface area contributed by atoms with Gasteiger partial charge < -0.3 is 19.5 Å². The molecular formula is C17H27NO3. The van der Waals surface area contributed by atoms with Gasteiger partial charge in [0.15, 0.2) is 11.5 Å². The van der Waals surface area contributed by atoms with Crippen LogP contribution < -0.4 is 19.5 Å². The number of allylic oxidation sites excluding steroid dienone is 1. The van der Waals surface area contributed by atoms with Crippen molar-refractivity contribution in [3.8, 4) is 17.2 Å². The first-order valence-electron chi connectivity index (χ1n) is 7.35. The van der Waals surface area contributed by atoms with Crippen LogP contribution in [0, 0.1) is 0 Å². The molecule has 0 saturated heterocycles. The van der Waals surface area contributed by atoms with Gasteiger partial charge in [-0.15, -0.1) is 6.58 Å². The summed E-state index contributed by atoms with van der Waals surface area (Å²) in [5.74, 6) is 2.21. The zero-order valence-corrected chi connectivity index (χ0v) is 13.6. The summed E-state index contributed by atoms with van der Waals surface area (Å²) >= 11 is 0. The van der Waals surface area contributed by atoms with Gasteiger partial charge in [-0.2, -0.15) is 0 Å². The molecule has 0 aliphatic rings. The summed E-state index contributed by atoms with van der Waals surface area (Å²) in [6.45, 7) is 6.92. The normalized spacial score (nSPS) is 11.8. The van der Waals surface area contributed by atoms with E-state index < -0.39 is 0 Å². The summed E-state index contributed by atoms with van der Waals surface area (Å²) in [6.07, 6.45) is 4.93. The second-order valence-corrected chi connectivity index (χ2v) is 4.82. The molecular weight excluding hydrogens is 266 g/mol. The van der Waals surface area contributed by atoms with Gasteiger partial charge in [0.2, 0.25) is 0 Å². The van der Waals surface area contributed by atoms with E-state index in [4.69, 9.17) is 14.2 Å². The predicted octanol–water partition coefficient (Wildman–Crippen LogP) is 3.72. The van der Waals surface area contributed by atoms with Crippen molar-refractivity contribution in [2.75, 3.05) is 27.9 Å². The van der Waals surface area contributed by atoms with Crippen molar-refractivity contribution in [2.24, 2.45) is 0 Å². The van der Waals surface area contributed by atoms with Gasteiger partial charge in [0.05, 0.1) is 21.3 Å². The molecule has 1 aromatic carbocycles. The molecule has 0 spiro atoms. The molecule has 0 amide bonds. The lowest BCUT2D eigenvalue weighted by Crippen LogP contribution is -2.22. The van der Waals surface area contributed by atoms with E-state index in [0.29, 0.717) is 5.75 Å². The van der Waals surface area contributed by atoms with Crippen LogP contribution in [0.4, 0.5) is 0 Å². The third kappa shape index (κ3) is 4.67. The maximum atomic E-state index is 5.53. The minimum Gasteiger partial charge on any atom is -0.496 e. The van der Waals surface area contributed by atoms with Gasteiger partial charge in [0.25, 0.3) is 0 Å². The van der Waals surface area contributed by atoms with Crippen LogP contribution in [0.2, 0.25) is 0 Å². The Morgan fingerprint density at radius 1 is 1.10 bits per heavy atom. The van der Waals surface area contributed by atoms with E-state index in [9.17, 15) is 0 Å². The molecule has 4 nitrogen and oxygen atoms in total. The van der Waals surface area contributed by atoms with Crippen molar-refractivity contribution >= 4 is 0 Å². The third-order valence-corrected chi connectivity index (χ3v) is 3.41. The van der Waals surface area contributed by atoms with Gasteiger partial charge in [0, 0.05) is 17.7 Å². The Kier molecular flexibility index (Phi) is 7.69. The molecule has 1 unspecified atom stereocenters. The Morgan fingerprint density at radius 2 is 1.71 bits per heavy atom. The van der Waals surface area contributed by atoms with E-state index in [1.807, 2.05) is 18.2 Å². The fourth-order valence-electron chi connectivity index (χ4n) is 2.30. The Hall–Kier alpha value is -1.68. The van der Waals surface area contributed by atoms with Gasteiger partial charge in [-0.05, 0) is 31.9 Å². The number of methoxy groups -OCH3 is 3. The molecule has 1 rings (SSSR count). The van der Waals surface area contributed by atoms with E-state index in [1.54, 1.807) is 21.3 Å². The first kappa shape index (κ1) is 17.4. The minimum atomic E-state index is 0.206. The number of rotatable bonds is 10. The highest BCUT2D eigenvalue weighted by molar-refractivity contribution is 5.51. The lowest BCUT2D eigenvalue weighted by molar-refractivity contribution is 0.344. The molecule has 0 aromatic heterocycles. The van der Waals surface area contributed by atoms with Crippen LogP contribution in [0.15, 0.2) is 24.8 Å². The molecule has 1 atom stereocenters. The molecule has 1 N–H and O–H groups in total. The van der Waals surface area contributed by atoms with E-state index in [-0.39, 0.29) is 6.04 Å². The Balaban J connectivity index is 3.16. The first-order valence-corrected chi connectivity index (χ1v) is 7.35. The third-order valence-electron chi connectivity index (χ3n) is 3.41. The topological polar surface area (TPSA) is 39.7 Å². The highest BCUT2D eigenvalue weighted by atomic mass is 16.5. The first-order chi connectivity index (χ1) is 10.2. The second kappa shape index (κ2) is 9.29. The summed E-state index contributed by atoms with van der Waals surface area (Å²) in [5.41, 5.74) is 1.09. The second-order valence-electron chi connectivity index (χ2n) is 4.82. The maximum Gasteiger partial charge on any atom is 0.164 e. The SMILES string of the molecule is C=CCCC(NCCC)c1cc(OC)c(OC)cc1OC. The zero-order chi connectivity index (χ0) is 15.7. The van der Waals surface area contributed by atoms with Gasteiger partial charge in [-0.3, -0.25) is 0 Å². The molecule has 0 heterocycles. The number of hydrogen-bond donors (Lipinski definition) is 1. The molecule has 21 heavy (non-hydrogen) atoms. The lowest BCUT2D eigenvalue weighted by Gasteiger charge is -2.22. The van der Waals surface area contributed by atoms with Crippen molar-refractivity contribution in [3.63, 3.8) is 0 Å². The van der Waals surface area contributed by atoms with Crippen molar-refractivity contribution in [1.29, 1.82) is 0 Å². The van der Waals surface area contributed by atoms with E-state index >= 15 is 0 Å². The van der Waals surface area contributed by atoms with Crippen LogP contribution in [0.3, 0.4) is 0 Å². The van der Waals surface area contributed by atoms with Crippen LogP contribution in [0.1, 0.15) is 37.8 Å². The predicted molar refractivity (Wildman–Crippen MR) is 86.6 cm³/mol. The van der Waals surface area contributed by atoms with Crippen molar-refractivity contribution in [3.05, 3.63) is 30.4 Å². The highest BCUT2D eigenvalue weighted by Crippen LogP contribution is 2.38. The molecule has 1 aromatic rings. The summed E-state index contributed by atoms with van der Waals surface area (Å²) in [7, 11) is 4.95. The molecule has 118 valence electrons. The van der Waals surface area contributed by atoms with Crippen LogP contribution in [-0.4, -0.2) is 27.9 Å². The summed E-state index contributed by atoms with van der Waals surface area (Å²) in [4.78, 5) is 0. The van der Waals surface area contributed by atoms with Gasteiger partial charge >= 0.3 is 0 Å². The van der Waals surface area contributed by atoms with E-state index in [1.165, 1.54) is 0 Å². The van der Waals surface area contributed by atoms with E-state index in [0.717, 1.165) is 42.9 Å². The summed E-state index contributed by atoms with van der Waals surface area (Å²) in [6, 6.07) is 4.08. The quantitative estimate of drug-likeness (QED) is 0.667. The largest absolute Gasteiger partial charge is 0.496 e. The zero-order valence-electron chi connectivity index (χ0n) is 13.6. The summed E-state index contributed by atoms with van der Waals surface area (Å²) in [5, 5.41) is 3.56. The van der Waals surface area contributed by atoms with Gasteiger partial charge in [-0.1, -0.05) is 13.0 Å². The Morgan fingerprint density at radius 3 is 2.24 bits per heavy atom. The molecule has 0 radical (unpaired) electrons. The van der Waals surface area contributed by atoms with Crippen LogP contribution in [0.5, 0.6) is 17.2 Å². The maximum absolute atomic E-state index is 5.53. The van der Waals surface area contributed by atoms with E-state index in [2.05, 4.69) is 18.8 Å². The molecule has 0 aliphatic heterocycles. The molecule has 0 aliphatic carbocycles. The smallest absolute Gasteiger partial charge is 0.164 e. The lowest BCUT2D eigenvalue weighted by atomic mass is 9.99. The Labute approximate surface area is 128 Å². The fraction of sp³-hybridized carbons (Fsp3) is 0.529. The summed E-state index contributed by atoms with van der Waals surface area (Å²) < 4.78 is 16.3. The molecule has 0 saturated carbocycles. The number of ether oxygens (including phenoxy) is 3. The average molecular weight is 293 g/mol. The highest BCUT2D eigenvalue weighted by Gasteiger charge is 2.19. The number of benzene rings is 1. The number of hydrogen-bond acceptors (Lipinski definition) is 4. The Bertz CT molecular complexity index is 446. The molecule has 0 bridgehead atoms. The van der Waals surface area contributed by atoms with Crippen molar-refractivity contribution in [1.82, 2.24) is 5.32 Å². The molecule has 4 heteroatoms. The van der Waals surface area contributed by atoms with Gasteiger partial charge in [0.1, 0.15) is 5.75 Å². The minimum absolute atomic E-state index is 0.206.